The molecular weight excluding hydrogens is 250 g/mol. The quantitative estimate of drug-likeness (QED) is 0.742. The third-order valence-corrected chi connectivity index (χ3v) is 3.76. The third-order valence-electron chi connectivity index (χ3n) is 2.60. The van der Waals surface area contributed by atoms with Gasteiger partial charge in [0.1, 0.15) is 0 Å². The normalized spacial score (nSPS) is 12.4. The topological polar surface area (TPSA) is 58.6 Å². The maximum atomic E-state index is 11.1. The van der Waals surface area contributed by atoms with E-state index in [1.807, 2.05) is 0 Å². The molecule has 0 saturated carbocycles. The molecule has 0 saturated heterocycles. The maximum Gasteiger partial charge on any atom is 0.308 e. The van der Waals surface area contributed by atoms with E-state index in [0.717, 1.165) is 6.54 Å². The summed E-state index contributed by atoms with van der Waals surface area (Å²) in [6, 6.07) is 2.14. The van der Waals surface area contributed by atoms with Crippen LogP contribution in [0.25, 0.3) is 0 Å². The number of carbonyl (C=O) groups is 1. The van der Waals surface area contributed by atoms with Gasteiger partial charge in [-0.05, 0) is 32.4 Å². The lowest BCUT2D eigenvalue weighted by Gasteiger charge is -2.10. The van der Waals surface area contributed by atoms with E-state index in [9.17, 15) is 9.90 Å². The SMILES string of the molecule is CCOC(=O)CC(O)CNCc1cc(C)c(C)s1. The van der Waals surface area contributed by atoms with Crippen LogP contribution in [-0.2, 0) is 16.1 Å². The number of thiophene rings is 1. The van der Waals surface area contributed by atoms with Gasteiger partial charge in [-0.2, -0.15) is 0 Å². The van der Waals surface area contributed by atoms with Crippen LogP contribution in [0, 0.1) is 13.8 Å². The van der Waals surface area contributed by atoms with Gasteiger partial charge in [0.15, 0.2) is 0 Å². The molecule has 1 heterocycles. The molecule has 0 amide bonds. The number of carbonyl (C=O) groups excluding carboxylic acids is 1. The Labute approximate surface area is 112 Å². The molecule has 2 N–H and O–H groups in total. The van der Waals surface area contributed by atoms with Crippen molar-refractivity contribution in [2.75, 3.05) is 13.2 Å². The van der Waals surface area contributed by atoms with Gasteiger partial charge in [-0.25, -0.2) is 0 Å². The van der Waals surface area contributed by atoms with Crippen LogP contribution >= 0.6 is 11.3 Å². The summed E-state index contributed by atoms with van der Waals surface area (Å²) in [4.78, 5) is 13.7. The molecule has 1 aromatic rings. The molecule has 18 heavy (non-hydrogen) atoms. The second-order valence-corrected chi connectivity index (χ2v) is 5.59. The molecule has 0 spiro atoms. The summed E-state index contributed by atoms with van der Waals surface area (Å²) in [6.45, 7) is 7.41. The molecule has 0 aliphatic carbocycles. The maximum absolute atomic E-state index is 11.1. The van der Waals surface area contributed by atoms with Crippen molar-refractivity contribution < 1.29 is 14.6 Å². The summed E-state index contributed by atoms with van der Waals surface area (Å²) >= 11 is 1.75. The van der Waals surface area contributed by atoms with Gasteiger partial charge in [-0.15, -0.1) is 11.3 Å². The summed E-state index contributed by atoms with van der Waals surface area (Å²) < 4.78 is 4.77. The standard InChI is InChI=1S/C13H21NO3S/c1-4-17-13(16)6-11(15)7-14-8-12-5-9(2)10(3)18-12/h5,11,14-15H,4,6-8H2,1-3H3. The molecule has 1 rings (SSSR count). The molecule has 5 heteroatoms. The van der Waals surface area contributed by atoms with Gasteiger partial charge >= 0.3 is 5.97 Å². The molecule has 1 atom stereocenters. The van der Waals surface area contributed by atoms with Gasteiger partial charge in [0.25, 0.3) is 0 Å². The Balaban J connectivity index is 2.23. The van der Waals surface area contributed by atoms with Gasteiger partial charge < -0.3 is 15.2 Å². The van der Waals surface area contributed by atoms with Crippen LogP contribution in [0.1, 0.15) is 28.7 Å². The predicted octanol–water partition coefficient (Wildman–Crippen LogP) is 1.77. The van der Waals surface area contributed by atoms with Crippen LogP contribution in [0.5, 0.6) is 0 Å². The van der Waals surface area contributed by atoms with Crippen molar-refractivity contribution in [2.24, 2.45) is 0 Å². The monoisotopic (exact) mass is 271 g/mol. The number of rotatable bonds is 7. The zero-order valence-corrected chi connectivity index (χ0v) is 12.0. The number of aliphatic hydroxyl groups excluding tert-OH is 1. The van der Waals surface area contributed by atoms with Gasteiger partial charge in [0, 0.05) is 22.8 Å². The summed E-state index contributed by atoms with van der Waals surface area (Å²) in [7, 11) is 0. The van der Waals surface area contributed by atoms with Crippen LogP contribution in [-0.4, -0.2) is 30.3 Å². The Morgan fingerprint density at radius 3 is 2.83 bits per heavy atom. The van der Waals surface area contributed by atoms with Crippen molar-refractivity contribution in [1.29, 1.82) is 0 Å². The molecule has 4 nitrogen and oxygen atoms in total. The number of nitrogens with one attached hydrogen (secondary N) is 1. The summed E-state index contributed by atoms with van der Waals surface area (Å²) in [5.41, 5.74) is 1.30. The van der Waals surface area contributed by atoms with Crippen molar-refractivity contribution in [2.45, 2.75) is 39.8 Å². The molecule has 1 unspecified atom stereocenters. The number of hydrogen-bond donors (Lipinski definition) is 2. The average Bonchev–Trinajstić information content (AvgIpc) is 2.58. The molecule has 0 radical (unpaired) electrons. The van der Waals surface area contributed by atoms with E-state index in [1.54, 1.807) is 18.3 Å². The Morgan fingerprint density at radius 1 is 1.56 bits per heavy atom. The molecule has 0 aliphatic rings. The predicted molar refractivity (Wildman–Crippen MR) is 72.8 cm³/mol. The highest BCUT2D eigenvalue weighted by Crippen LogP contribution is 2.20. The number of hydrogen-bond acceptors (Lipinski definition) is 5. The minimum Gasteiger partial charge on any atom is -0.466 e. The first-order valence-electron chi connectivity index (χ1n) is 6.13. The van der Waals surface area contributed by atoms with E-state index >= 15 is 0 Å². The van der Waals surface area contributed by atoms with Crippen molar-refractivity contribution in [3.63, 3.8) is 0 Å². The smallest absolute Gasteiger partial charge is 0.308 e. The molecule has 1 aromatic heterocycles. The third kappa shape index (κ3) is 5.16. The van der Waals surface area contributed by atoms with Crippen LogP contribution in [0.4, 0.5) is 0 Å². The van der Waals surface area contributed by atoms with Crippen LogP contribution in [0.15, 0.2) is 6.07 Å². The van der Waals surface area contributed by atoms with Gasteiger partial charge in [-0.3, -0.25) is 4.79 Å². The van der Waals surface area contributed by atoms with E-state index in [0.29, 0.717) is 13.2 Å². The summed E-state index contributed by atoms with van der Waals surface area (Å²) in [5, 5.41) is 12.8. The molecule has 0 aliphatic heterocycles. The Kier molecular flexibility index (Phi) is 6.32. The highest BCUT2D eigenvalue weighted by Gasteiger charge is 2.11. The highest BCUT2D eigenvalue weighted by atomic mass is 32.1. The Morgan fingerprint density at radius 2 is 2.28 bits per heavy atom. The zero-order chi connectivity index (χ0) is 13.5. The lowest BCUT2D eigenvalue weighted by molar-refractivity contribution is -0.145. The van der Waals surface area contributed by atoms with Crippen LogP contribution in [0.2, 0.25) is 0 Å². The second-order valence-electron chi connectivity index (χ2n) is 4.25. The minimum atomic E-state index is -0.689. The lowest BCUT2D eigenvalue weighted by Crippen LogP contribution is -2.28. The summed E-state index contributed by atoms with van der Waals surface area (Å²) in [6.07, 6.45) is -0.644. The lowest BCUT2D eigenvalue weighted by atomic mass is 10.2. The first kappa shape index (κ1) is 15.1. The van der Waals surface area contributed by atoms with Crippen molar-refractivity contribution in [1.82, 2.24) is 5.32 Å². The molecule has 0 fully saturated rings. The fourth-order valence-electron chi connectivity index (χ4n) is 1.58. The average molecular weight is 271 g/mol. The zero-order valence-electron chi connectivity index (χ0n) is 11.2. The second kappa shape index (κ2) is 7.51. The fraction of sp³-hybridized carbons (Fsp3) is 0.615. The number of esters is 1. The molecule has 102 valence electrons. The number of aliphatic hydroxyl groups is 1. The van der Waals surface area contributed by atoms with E-state index in [4.69, 9.17) is 4.74 Å². The first-order chi connectivity index (χ1) is 8.52. The molecule has 0 bridgehead atoms. The van der Waals surface area contributed by atoms with Gasteiger partial charge in [0.05, 0.1) is 19.1 Å². The van der Waals surface area contributed by atoms with Crippen LogP contribution < -0.4 is 5.32 Å². The van der Waals surface area contributed by atoms with Crippen molar-refractivity contribution in [3.05, 3.63) is 21.4 Å². The Hall–Kier alpha value is -0.910. The first-order valence-corrected chi connectivity index (χ1v) is 6.95. The fourth-order valence-corrected chi connectivity index (χ4v) is 2.61. The molecule has 0 aromatic carbocycles. The molecular formula is C13H21NO3S. The summed E-state index contributed by atoms with van der Waals surface area (Å²) in [5.74, 6) is -0.352. The van der Waals surface area contributed by atoms with Crippen molar-refractivity contribution in [3.8, 4) is 0 Å². The largest absolute Gasteiger partial charge is 0.466 e. The van der Waals surface area contributed by atoms with E-state index in [-0.39, 0.29) is 12.4 Å². The van der Waals surface area contributed by atoms with E-state index in [1.165, 1.54) is 15.3 Å². The van der Waals surface area contributed by atoms with Gasteiger partial charge in [0.2, 0.25) is 0 Å². The van der Waals surface area contributed by atoms with Crippen molar-refractivity contribution >= 4 is 17.3 Å². The minimum absolute atomic E-state index is 0.0450. The van der Waals surface area contributed by atoms with E-state index in [2.05, 4.69) is 25.2 Å². The van der Waals surface area contributed by atoms with Gasteiger partial charge in [-0.1, -0.05) is 0 Å². The van der Waals surface area contributed by atoms with Crippen LogP contribution in [0.3, 0.4) is 0 Å². The number of aryl methyl sites for hydroxylation is 2. The van der Waals surface area contributed by atoms with E-state index < -0.39 is 6.10 Å². The Bertz CT molecular complexity index is 370. The number of ether oxygens (including phenoxy) is 1. The highest BCUT2D eigenvalue weighted by molar-refractivity contribution is 7.12.